The summed E-state index contributed by atoms with van der Waals surface area (Å²) in [6.45, 7) is 5.02. The second-order valence-electron chi connectivity index (χ2n) is 7.68. The number of pyridine rings is 1. The molecule has 3 aromatic rings. The number of benzene rings is 2. The second-order valence-corrected chi connectivity index (χ2v) is 7.68. The standard InChI is InChI=1S/C25H29N3/c1-2-13-26-16-20-9-12-25(28-18-20)21-10-7-19(8-11-21)17-27-24-14-22-5-3-4-6-23(22)15-24/h3-12,18,24,26-27H,2,13-17H2,1H3. The molecule has 0 radical (unpaired) electrons. The predicted octanol–water partition coefficient (Wildman–Crippen LogP) is 4.51. The zero-order valence-corrected chi connectivity index (χ0v) is 16.6. The minimum atomic E-state index is 0.549. The first kappa shape index (κ1) is 18.9. The van der Waals surface area contributed by atoms with Gasteiger partial charge in [-0.1, -0.05) is 61.5 Å². The van der Waals surface area contributed by atoms with E-state index >= 15 is 0 Å². The number of fused-ring (bicyclic) bond motifs is 1. The van der Waals surface area contributed by atoms with Gasteiger partial charge in [0.1, 0.15) is 0 Å². The van der Waals surface area contributed by atoms with E-state index in [1.165, 1.54) is 27.8 Å². The molecule has 1 aliphatic carbocycles. The van der Waals surface area contributed by atoms with E-state index in [-0.39, 0.29) is 0 Å². The Bertz CT molecular complexity index is 859. The molecule has 0 amide bonds. The van der Waals surface area contributed by atoms with Crippen molar-refractivity contribution < 1.29 is 0 Å². The van der Waals surface area contributed by atoms with E-state index in [0.717, 1.165) is 44.6 Å². The zero-order valence-electron chi connectivity index (χ0n) is 16.6. The second kappa shape index (κ2) is 9.13. The third-order valence-corrected chi connectivity index (χ3v) is 5.48. The summed E-state index contributed by atoms with van der Waals surface area (Å²) in [4.78, 5) is 4.63. The van der Waals surface area contributed by atoms with E-state index < -0.39 is 0 Å². The van der Waals surface area contributed by atoms with Crippen LogP contribution < -0.4 is 10.6 Å². The van der Waals surface area contributed by atoms with Crippen LogP contribution in [0.4, 0.5) is 0 Å². The summed E-state index contributed by atoms with van der Waals surface area (Å²) in [5.41, 5.74) is 7.75. The van der Waals surface area contributed by atoms with Crippen LogP contribution >= 0.6 is 0 Å². The maximum Gasteiger partial charge on any atom is 0.0702 e. The maximum absolute atomic E-state index is 4.63. The minimum Gasteiger partial charge on any atom is -0.313 e. The summed E-state index contributed by atoms with van der Waals surface area (Å²) in [6.07, 6.45) is 5.40. The molecule has 4 rings (SSSR count). The predicted molar refractivity (Wildman–Crippen MR) is 116 cm³/mol. The summed E-state index contributed by atoms with van der Waals surface area (Å²) in [5.74, 6) is 0. The number of rotatable bonds is 8. The van der Waals surface area contributed by atoms with Gasteiger partial charge in [-0.25, -0.2) is 0 Å². The molecule has 0 saturated carbocycles. The highest BCUT2D eigenvalue weighted by Crippen LogP contribution is 2.22. The van der Waals surface area contributed by atoms with Crippen molar-refractivity contribution in [3.8, 4) is 11.3 Å². The van der Waals surface area contributed by atoms with Gasteiger partial charge in [0.05, 0.1) is 5.69 Å². The first-order valence-corrected chi connectivity index (χ1v) is 10.4. The normalized spacial score (nSPS) is 13.6. The third kappa shape index (κ3) is 4.67. The Hall–Kier alpha value is -2.49. The molecule has 2 N–H and O–H groups in total. The number of hydrogen-bond donors (Lipinski definition) is 2. The first-order chi connectivity index (χ1) is 13.8. The van der Waals surface area contributed by atoms with E-state index in [1.807, 2.05) is 6.20 Å². The molecule has 1 heterocycles. The zero-order chi connectivity index (χ0) is 19.2. The highest BCUT2D eigenvalue weighted by molar-refractivity contribution is 5.59. The Labute approximate surface area is 168 Å². The van der Waals surface area contributed by atoms with Crippen LogP contribution in [-0.2, 0) is 25.9 Å². The van der Waals surface area contributed by atoms with E-state index in [1.54, 1.807) is 0 Å². The Morgan fingerprint density at radius 2 is 1.57 bits per heavy atom. The van der Waals surface area contributed by atoms with Gasteiger partial charge in [-0.3, -0.25) is 4.98 Å². The average Bonchev–Trinajstić information content (AvgIpc) is 3.16. The van der Waals surface area contributed by atoms with Gasteiger partial charge < -0.3 is 10.6 Å². The number of nitrogens with one attached hydrogen (secondary N) is 2. The smallest absolute Gasteiger partial charge is 0.0702 e. The van der Waals surface area contributed by atoms with Gasteiger partial charge in [-0.2, -0.15) is 0 Å². The first-order valence-electron chi connectivity index (χ1n) is 10.4. The quantitative estimate of drug-likeness (QED) is 0.572. The molecule has 2 aromatic carbocycles. The SMILES string of the molecule is CCCNCc1ccc(-c2ccc(CNC3Cc4ccccc4C3)cc2)nc1. The average molecular weight is 372 g/mol. The van der Waals surface area contributed by atoms with Crippen molar-refractivity contribution in [1.29, 1.82) is 0 Å². The van der Waals surface area contributed by atoms with Crippen LogP contribution in [0.5, 0.6) is 0 Å². The van der Waals surface area contributed by atoms with Gasteiger partial charge in [0, 0.05) is 30.9 Å². The fourth-order valence-electron chi connectivity index (χ4n) is 3.87. The molecule has 3 heteroatoms. The van der Waals surface area contributed by atoms with Crippen molar-refractivity contribution in [2.45, 2.75) is 45.3 Å². The lowest BCUT2D eigenvalue weighted by atomic mass is 10.1. The Morgan fingerprint density at radius 3 is 2.21 bits per heavy atom. The number of nitrogens with zero attached hydrogens (tertiary/aromatic N) is 1. The van der Waals surface area contributed by atoms with Crippen molar-refractivity contribution in [3.63, 3.8) is 0 Å². The van der Waals surface area contributed by atoms with Crippen molar-refractivity contribution in [1.82, 2.24) is 15.6 Å². The molecule has 0 aliphatic heterocycles. The lowest BCUT2D eigenvalue weighted by molar-refractivity contribution is 0.533. The van der Waals surface area contributed by atoms with Crippen LogP contribution in [0.25, 0.3) is 11.3 Å². The maximum atomic E-state index is 4.63. The molecule has 0 unspecified atom stereocenters. The van der Waals surface area contributed by atoms with Crippen LogP contribution in [0.15, 0.2) is 66.9 Å². The molecule has 0 atom stereocenters. The molecular formula is C25H29N3. The molecule has 0 bridgehead atoms. The van der Waals surface area contributed by atoms with Crippen LogP contribution in [0.1, 0.15) is 35.6 Å². The van der Waals surface area contributed by atoms with E-state index in [2.05, 4.69) is 83.2 Å². The van der Waals surface area contributed by atoms with Crippen LogP contribution in [-0.4, -0.2) is 17.6 Å². The third-order valence-electron chi connectivity index (χ3n) is 5.48. The summed E-state index contributed by atoms with van der Waals surface area (Å²) in [6, 6.07) is 22.4. The molecule has 144 valence electrons. The largest absolute Gasteiger partial charge is 0.313 e. The number of hydrogen-bond acceptors (Lipinski definition) is 3. The fraction of sp³-hybridized carbons (Fsp3) is 0.320. The Balaban J connectivity index is 1.30. The summed E-state index contributed by atoms with van der Waals surface area (Å²) < 4.78 is 0. The number of aromatic nitrogens is 1. The fourth-order valence-corrected chi connectivity index (χ4v) is 3.87. The van der Waals surface area contributed by atoms with Crippen LogP contribution in [0.3, 0.4) is 0 Å². The van der Waals surface area contributed by atoms with Crippen molar-refractivity contribution in [2.75, 3.05) is 6.54 Å². The molecular weight excluding hydrogens is 342 g/mol. The van der Waals surface area contributed by atoms with Gasteiger partial charge in [0.2, 0.25) is 0 Å². The van der Waals surface area contributed by atoms with Crippen LogP contribution in [0.2, 0.25) is 0 Å². The lowest BCUT2D eigenvalue weighted by Gasteiger charge is -2.12. The highest BCUT2D eigenvalue weighted by atomic mass is 14.9. The molecule has 1 aliphatic rings. The molecule has 28 heavy (non-hydrogen) atoms. The highest BCUT2D eigenvalue weighted by Gasteiger charge is 2.19. The van der Waals surface area contributed by atoms with E-state index in [4.69, 9.17) is 0 Å². The molecule has 0 spiro atoms. The van der Waals surface area contributed by atoms with E-state index in [9.17, 15) is 0 Å². The van der Waals surface area contributed by atoms with E-state index in [0.29, 0.717) is 6.04 Å². The van der Waals surface area contributed by atoms with Gasteiger partial charge in [-0.15, -0.1) is 0 Å². The van der Waals surface area contributed by atoms with Gasteiger partial charge >= 0.3 is 0 Å². The summed E-state index contributed by atoms with van der Waals surface area (Å²) in [5, 5.41) is 7.13. The van der Waals surface area contributed by atoms with Crippen LogP contribution in [0, 0.1) is 0 Å². The summed E-state index contributed by atoms with van der Waals surface area (Å²) in [7, 11) is 0. The van der Waals surface area contributed by atoms with Gasteiger partial charge in [-0.05, 0) is 54.1 Å². The monoisotopic (exact) mass is 371 g/mol. The lowest BCUT2D eigenvalue weighted by Crippen LogP contribution is -2.28. The van der Waals surface area contributed by atoms with Crippen molar-refractivity contribution in [2.24, 2.45) is 0 Å². The molecule has 3 nitrogen and oxygen atoms in total. The Kier molecular flexibility index (Phi) is 6.15. The minimum absolute atomic E-state index is 0.549. The van der Waals surface area contributed by atoms with Gasteiger partial charge in [0.25, 0.3) is 0 Å². The molecule has 0 saturated heterocycles. The molecule has 0 fully saturated rings. The Morgan fingerprint density at radius 1 is 0.857 bits per heavy atom. The summed E-state index contributed by atoms with van der Waals surface area (Å²) >= 11 is 0. The molecule has 1 aromatic heterocycles. The topological polar surface area (TPSA) is 37.0 Å². The van der Waals surface area contributed by atoms with Crippen molar-refractivity contribution >= 4 is 0 Å². The van der Waals surface area contributed by atoms with Gasteiger partial charge in [0.15, 0.2) is 0 Å². The van der Waals surface area contributed by atoms with Crippen molar-refractivity contribution in [3.05, 3.63) is 89.1 Å².